The van der Waals surface area contributed by atoms with Gasteiger partial charge in [-0.25, -0.2) is 0 Å². The first kappa shape index (κ1) is 15.9. The van der Waals surface area contributed by atoms with Crippen molar-refractivity contribution in [1.29, 1.82) is 0 Å². The van der Waals surface area contributed by atoms with Crippen molar-refractivity contribution in [1.82, 2.24) is 0 Å². The van der Waals surface area contributed by atoms with Gasteiger partial charge in [-0.1, -0.05) is 52.5 Å². The zero-order valence-electron chi connectivity index (χ0n) is 10.8. The summed E-state index contributed by atoms with van der Waals surface area (Å²) in [5.74, 6) is -0.341. The highest BCUT2D eigenvalue weighted by atomic mass is 35.5. The van der Waals surface area contributed by atoms with E-state index in [1.807, 2.05) is 0 Å². The van der Waals surface area contributed by atoms with E-state index in [0.29, 0.717) is 30.7 Å². The van der Waals surface area contributed by atoms with Crippen LogP contribution in [0.15, 0.2) is 36.4 Å². The highest BCUT2D eigenvalue weighted by molar-refractivity contribution is 7.21. The first-order valence-corrected chi connectivity index (χ1v) is 8.42. The number of thiophene rings is 1. The summed E-state index contributed by atoms with van der Waals surface area (Å²) in [5, 5.41) is 5.38. The third-order valence-corrected chi connectivity index (χ3v) is 5.43. The van der Waals surface area contributed by atoms with Gasteiger partial charge in [0.1, 0.15) is 4.88 Å². The lowest BCUT2D eigenvalue weighted by molar-refractivity contribution is 0.103. The molecule has 0 aliphatic carbocycles. The van der Waals surface area contributed by atoms with Crippen LogP contribution in [-0.4, -0.2) is 5.91 Å². The van der Waals surface area contributed by atoms with Crippen LogP contribution in [0.4, 0.5) is 5.69 Å². The van der Waals surface area contributed by atoms with Gasteiger partial charge in [-0.15, -0.1) is 11.3 Å². The Kier molecular flexibility index (Phi) is 4.53. The van der Waals surface area contributed by atoms with E-state index in [-0.39, 0.29) is 5.91 Å². The van der Waals surface area contributed by atoms with Crippen LogP contribution in [0.25, 0.3) is 10.1 Å². The normalized spacial score (nSPS) is 10.9. The Labute approximate surface area is 150 Å². The second kappa shape index (κ2) is 6.26. The topological polar surface area (TPSA) is 29.1 Å². The molecule has 22 heavy (non-hydrogen) atoms. The number of hydrogen-bond acceptors (Lipinski definition) is 2. The molecular weight excluding hydrogens is 384 g/mol. The number of fused-ring (bicyclic) bond motifs is 1. The SMILES string of the molecule is O=C(Nc1cc(Cl)ccc1Cl)c1sc2cc(Cl)ccc2c1Cl. The average Bonchev–Trinajstić information content (AvgIpc) is 2.79. The largest absolute Gasteiger partial charge is 0.320 e. The minimum absolute atomic E-state index is 0.341. The summed E-state index contributed by atoms with van der Waals surface area (Å²) in [7, 11) is 0. The molecule has 1 heterocycles. The predicted octanol–water partition coefficient (Wildman–Crippen LogP) is 6.77. The summed E-state index contributed by atoms with van der Waals surface area (Å²) >= 11 is 25.5. The molecule has 0 fully saturated rings. The van der Waals surface area contributed by atoms with Crippen molar-refractivity contribution in [3.63, 3.8) is 0 Å². The van der Waals surface area contributed by atoms with E-state index >= 15 is 0 Å². The number of hydrogen-bond donors (Lipinski definition) is 1. The number of carbonyl (C=O) groups excluding carboxylic acids is 1. The Balaban J connectivity index is 1.98. The van der Waals surface area contributed by atoms with E-state index in [1.165, 1.54) is 11.3 Å². The zero-order chi connectivity index (χ0) is 15.9. The molecule has 0 saturated heterocycles. The molecule has 1 amide bonds. The molecule has 0 saturated carbocycles. The number of nitrogens with one attached hydrogen (secondary N) is 1. The maximum Gasteiger partial charge on any atom is 0.267 e. The molecule has 1 N–H and O–H groups in total. The monoisotopic (exact) mass is 389 g/mol. The molecule has 0 aliphatic heterocycles. The lowest BCUT2D eigenvalue weighted by atomic mass is 10.2. The maximum absolute atomic E-state index is 12.4. The average molecular weight is 391 g/mol. The van der Waals surface area contributed by atoms with Crippen LogP contribution in [0.2, 0.25) is 20.1 Å². The van der Waals surface area contributed by atoms with Crippen LogP contribution in [0.1, 0.15) is 9.67 Å². The van der Waals surface area contributed by atoms with E-state index in [2.05, 4.69) is 5.32 Å². The van der Waals surface area contributed by atoms with Crippen LogP contribution in [0.5, 0.6) is 0 Å². The predicted molar refractivity (Wildman–Crippen MR) is 96.3 cm³/mol. The fraction of sp³-hybridized carbons (Fsp3) is 0. The summed E-state index contributed by atoms with van der Waals surface area (Å²) in [6, 6.07) is 10.1. The van der Waals surface area contributed by atoms with Gasteiger partial charge < -0.3 is 5.32 Å². The van der Waals surface area contributed by atoms with Crippen molar-refractivity contribution in [2.75, 3.05) is 5.32 Å². The third-order valence-electron chi connectivity index (χ3n) is 2.97. The smallest absolute Gasteiger partial charge is 0.267 e. The lowest BCUT2D eigenvalue weighted by Gasteiger charge is -2.06. The molecule has 3 rings (SSSR count). The Morgan fingerprint density at radius 1 is 0.955 bits per heavy atom. The van der Waals surface area contributed by atoms with E-state index < -0.39 is 0 Å². The Bertz CT molecular complexity index is 891. The van der Waals surface area contributed by atoms with Gasteiger partial charge >= 0.3 is 0 Å². The van der Waals surface area contributed by atoms with Crippen molar-refractivity contribution >= 4 is 79.4 Å². The fourth-order valence-corrected chi connectivity index (χ4v) is 3.98. The number of halogens is 4. The molecule has 1 aromatic heterocycles. The van der Waals surface area contributed by atoms with E-state index in [4.69, 9.17) is 46.4 Å². The first-order valence-electron chi connectivity index (χ1n) is 6.09. The summed E-state index contributed by atoms with van der Waals surface area (Å²) in [6.07, 6.45) is 0. The first-order chi connectivity index (χ1) is 10.5. The maximum atomic E-state index is 12.4. The van der Waals surface area contributed by atoms with Crippen molar-refractivity contribution < 1.29 is 4.79 Å². The van der Waals surface area contributed by atoms with Crippen LogP contribution < -0.4 is 5.32 Å². The summed E-state index contributed by atoms with van der Waals surface area (Å²) in [4.78, 5) is 12.8. The van der Waals surface area contributed by atoms with Crippen LogP contribution in [0.3, 0.4) is 0 Å². The quantitative estimate of drug-likeness (QED) is 0.514. The number of rotatable bonds is 2. The van der Waals surface area contributed by atoms with Gasteiger partial charge in [-0.05, 0) is 30.3 Å². The molecule has 2 aromatic carbocycles. The van der Waals surface area contributed by atoms with E-state index in [0.717, 1.165) is 10.1 Å². The standard InChI is InChI=1S/C15H7Cl4NOS/c16-7-2-4-10(18)11(5-7)20-15(21)14-13(19)9-3-1-8(17)6-12(9)22-14/h1-6H,(H,20,21). The van der Waals surface area contributed by atoms with Crippen molar-refractivity contribution in [2.24, 2.45) is 0 Å². The molecule has 7 heteroatoms. The molecule has 0 aliphatic rings. The van der Waals surface area contributed by atoms with Gasteiger partial charge in [0.15, 0.2) is 0 Å². The van der Waals surface area contributed by atoms with Crippen LogP contribution in [-0.2, 0) is 0 Å². The third kappa shape index (κ3) is 3.05. The number of amides is 1. The minimum Gasteiger partial charge on any atom is -0.320 e. The van der Waals surface area contributed by atoms with Gasteiger partial charge in [0, 0.05) is 20.1 Å². The summed E-state index contributed by atoms with van der Waals surface area (Å²) in [5.41, 5.74) is 0.436. The molecule has 0 bridgehead atoms. The fourth-order valence-electron chi connectivity index (χ4n) is 1.96. The number of benzene rings is 2. The van der Waals surface area contributed by atoms with E-state index in [9.17, 15) is 4.79 Å². The number of carbonyl (C=O) groups is 1. The van der Waals surface area contributed by atoms with Gasteiger partial charge in [-0.2, -0.15) is 0 Å². The van der Waals surface area contributed by atoms with Crippen molar-refractivity contribution in [2.45, 2.75) is 0 Å². The second-order valence-electron chi connectivity index (χ2n) is 4.46. The second-order valence-corrected chi connectivity index (χ2v) is 7.17. The molecule has 3 aromatic rings. The molecule has 0 spiro atoms. The highest BCUT2D eigenvalue weighted by Crippen LogP contribution is 2.37. The van der Waals surface area contributed by atoms with Crippen LogP contribution in [0, 0.1) is 0 Å². The summed E-state index contributed by atoms with van der Waals surface area (Å²) < 4.78 is 0.847. The molecule has 112 valence electrons. The highest BCUT2D eigenvalue weighted by Gasteiger charge is 2.18. The van der Waals surface area contributed by atoms with Crippen LogP contribution >= 0.6 is 57.7 Å². The van der Waals surface area contributed by atoms with Gasteiger partial charge in [-0.3, -0.25) is 4.79 Å². The molecular formula is C15H7Cl4NOS. The zero-order valence-corrected chi connectivity index (χ0v) is 14.6. The molecule has 0 unspecified atom stereocenters. The Morgan fingerprint density at radius 2 is 1.64 bits per heavy atom. The minimum atomic E-state index is -0.341. The van der Waals surface area contributed by atoms with E-state index in [1.54, 1.807) is 36.4 Å². The lowest BCUT2D eigenvalue weighted by Crippen LogP contribution is -2.11. The van der Waals surface area contributed by atoms with Gasteiger partial charge in [0.05, 0.1) is 15.7 Å². The Hall–Kier alpha value is -0.970. The van der Waals surface area contributed by atoms with Gasteiger partial charge in [0.25, 0.3) is 5.91 Å². The molecule has 0 atom stereocenters. The molecule has 2 nitrogen and oxygen atoms in total. The Morgan fingerprint density at radius 3 is 2.41 bits per heavy atom. The summed E-state index contributed by atoms with van der Waals surface area (Å²) in [6.45, 7) is 0. The molecule has 0 radical (unpaired) electrons. The number of anilines is 1. The van der Waals surface area contributed by atoms with Gasteiger partial charge in [0.2, 0.25) is 0 Å². The van der Waals surface area contributed by atoms with Crippen molar-refractivity contribution in [3.05, 3.63) is 61.4 Å². The van der Waals surface area contributed by atoms with Crippen molar-refractivity contribution in [3.8, 4) is 0 Å².